The third-order valence-corrected chi connectivity index (χ3v) is 3.17. The third-order valence-electron chi connectivity index (χ3n) is 2.49. The SMILES string of the molecule is CCc1nsc(NC2CC(C)C2)n1. The summed E-state index contributed by atoms with van der Waals surface area (Å²) in [6.45, 7) is 4.37. The molecule has 0 aromatic carbocycles. The van der Waals surface area contributed by atoms with Crippen LogP contribution in [0.15, 0.2) is 0 Å². The predicted molar refractivity (Wildman–Crippen MR) is 55.1 cm³/mol. The van der Waals surface area contributed by atoms with Crippen LogP contribution in [-0.2, 0) is 6.42 Å². The number of aromatic nitrogens is 2. The van der Waals surface area contributed by atoms with Crippen molar-refractivity contribution in [1.29, 1.82) is 0 Å². The van der Waals surface area contributed by atoms with E-state index in [1.54, 1.807) is 0 Å². The molecule has 1 saturated carbocycles. The minimum atomic E-state index is 0.646. The number of hydrogen-bond acceptors (Lipinski definition) is 4. The Bertz CT molecular complexity index is 278. The first-order valence-electron chi connectivity index (χ1n) is 4.87. The fraction of sp³-hybridized carbons (Fsp3) is 0.778. The molecule has 2 rings (SSSR count). The maximum Gasteiger partial charge on any atom is 0.202 e. The lowest BCUT2D eigenvalue weighted by molar-refractivity contribution is 0.309. The lowest BCUT2D eigenvalue weighted by Crippen LogP contribution is -2.33. The quantitative estimate of drug-likeness (QED) is 0.808. The molecule has 1 aromatic rings. The maximum absolute atomic E-state index is 4.37. The first-order chi connectivity index (χ1) is 6.28. The lowest BCUT2D eigenvalue weighted by atomic mass is 9.82. The van der Waals surface area contributed by atoms with Gasteiger partial charge in [-0.15, -0.1) is 0 Å². The van der Waals surface area contributed by atoms with E-state index in [4.69, 9.17) is 0 Å². The standard InChI is InChI=1S/C9H15N3S/c1-3-8-11-9(13-12-8)10-7-4-6(2)5-7/h6-7H,3-5H2,1-2H3,(H,10,11,12). The average Bonchev–Trinajstić information content (AvgIpc) is 2.50. The van der Waals surface area contributed by atoms with E-state index in [-0.39, 0.29) is 0 Å². The lowest BCUT2D eigenvalue weighted by Gasteiger charge is -2.32. The highest BCUT2D eigenvalue weighted by Crippen LogP contribution is 2.29. The molecule has 1 aliphatic carbocycles. The van der Waals surface area contributed by atoms with Gasteiger partial charge < -0.3 is 5.32 Å². The van der Waals surface area contributed by atoms with E-state index >= 15 is 0 Å². The summed E-state index contributed by atoms with van der Waals surface area (Å²) in [7, 11) is 0. The van der Waals surface area contributed by atoms with Crippen LogP contribution >= 0.6 is 11.5 Å². The van der Waals surface area contributed by atoms with Crippen molar-refractivity contribution >= 4 is 16.7 Å². The molecule has 1 fully saturated rings. The fourth-order valence-corrected chi connectivity index (χ4v) is 2.38. The summed E-state index contributed by atoms with van der Waals surface area (Å²) in [5, 5.41) is 4.40. The van der Waals surface area contributed by atoms with Gasteiger partial charge >= 0.3 is 0 Å². The number of rotatable bonds is 3. The Labute approximate surface area is 82.8 Å². The van der Waals surface area contributed by atoms with Crippen LogP contribution in [0.1, 0.15) is 32.5 Å². The molecule has 1 N–H and O–H groups in total. The van der Waals surface area contributed by atoms with Crippen LogP contribution in [0.25, 0.3) is 0 Å². The number of aryl methyl sites for hydroxylation is 1. The molecule has 1 heterocycles. The highest BCUT2D eigenvalue weighted by Gasteiger charge is 2.25. The van der Waals surface area contributed by atoms with Crippen LogP contribution in [0.2, 0.25) is 0 Å². The summed E-state index contributed by atoms with van der Waals surface area (Å²) < 4.78 is 4.23. The zero-order chi connectivity index (χ0) is 9.26. The molecule has 1 aliphatic rings. The molecule has 0 spiro atoms. The van der Waals surface area contributed by atoms with Crippen LogP contribution in [0, 0.1) is 5.92 Å². The van der Waals surface area contributed by atoms with Gasteiger partial charge in [0.2, 0.25) is 5.13 Å². The molecule has 0 aliphatic heterocycles. The van der Waals surface area contributed by atoms with E-state index < -0.39 is 0 Å². The summed E-state index contributed by atoms with van der Waals surface area (Å²) in [6.07, 6.45) is 3.49. The molecule has 1 aromatic heterocycles. The Morgan fingerprint density at radius 1 is 1.54 bits per heavy atom. The van der Waals surface area contributed by atoms with Crippen molar-refractivity contribution in [2.24, 2.45) is 5.92 Å². The van der Waals surface area contributed by atoms with Gasteiger partial charge in [-0.05, 0) is 18.8 Å². The number of nitrogens with zero attached hydrogens (tertiary/aromatic N) is 2. The Hall–Kier alpha value is -0.640. The number of hydrogen-bond donors (Lipinski definition) is 1. The summed E-state index contributed by atoms with van der Waals surface area (Å²) in [6, 6.07) is 0.646. The molecular formula is C9H15N3S. The second-order valence-corrected chi connectivity index (χ2v) is 4.54. The van der Waals surface area contributed by atoms with Gasteiger partial charge in [0.15, 0.2) is 0 Å². The topological polar surface area (TPSA) is 37.8 Å². The van der Waals surface area contributed by atoms with Crippen molar-refractivity contribution in [3.05, 3.63) is 5.82 Å². The molecule has 13 heavy (non-hydrogen) atoms. The monoisotopic (exact) mass is 197 g/mol. The van der Waals surface area contributed by atoms with Crippen LogP contribution in [0.5, 0.6) is 0 Å². The second-order valence-electron chi connectivity index (χ2n) is 3.79. The Morgan fingerprint density at radius 2 is 2.31 bits per heavy atom. The zero-order valence-corrected chi connectivity index (χ0v) is 8.90. The van der Waals surface area contributed by atoms with Gasteiger partial charge in [0, 0.05) is 24.0 Å². The molecule has 0 unspecified atom stereocenters. The average molecular weight is 197 g/mol. The van der Waals surface area contributed by atoms with Gasteiger partial charge in [-0.2, -0.15) is 4.37 Å². The van der Waals surface area contributed by atoms with Crippen LogP contribution in [-0.4, -0.2) is 15.4 Å². The fourth-order valence-electron chi connectivity index (χ4n) is 1.65. The largest absolute Gasteiger partial charge is 0.358 e. The van der Waals surface area contributed by atoms with E-state index in [0.29, 0.717) is 6.04 Å². The third kappa shape index (κ3) is 1.99. The minimum Gasteiger partial charge on any atom is -0.358 e. The molecule has 0 saturated heterocycles. The highest BCUT2D eigenvalue weighted by atomic mass is 32.1. The Kier molecular flexibility index (Phi) is 2.49. The van der Waals surface area contributed by atoms with E-state index in [1.807, 2.05) is 0 Å². The van der Waals surface area contributed by atoms with Crippen LogP contribution in [0.3, 0.4) is 0 Å². The molecule has 4 heteroatoms. The summed E-state index contributed by atoms with van der Waals surface area (Å²) in [4.78, 5) is 4.37. The van der Waals surface area contributed by atoms with Crippen LogP contribution < -0.4 is 5.32 Å². The first-order valence-corrected chi connectivity index (χ1v) is 5.64. The second kappa shape index (κ2) is 3.62. The molecular weight excluding hydrogens is 182 g/mol. The van der Waals surface area contributed by atoms with E-state index in [2.05, 4.69) is 28.5 Å². The van der Waals surface area contributed by atoms with Gasteiger partial charge in [0.25, 0.3) is 0 Å². The molecule has 0 amide bonds. The van der Waals surface area contributed by atoms with Crippen molar-refractivity contribution in [3.63, 3.8) is 0 Å². The van der Waals surface area contributed by atoms with Gasteiger partial charge in [0.05, 0.1) is 0 Å². The molecule has 0 radical (unpaired) electrons. The smallest absolute Gasteiger partial charge is 0.202 e. The molecule has 0 atom stereocenters. The first kappa shape index (κ1) is 8.94. The Morgan fingerprint density at radius 3 is 2.85 bits per heavy atom. The van der Waals surface area contributed by atoms with Crippen molar-refractivity contribution < 1.29 is 0 Å². The van der Waals surface area contributed by atoms with Crippen molar-refractivity contribution in [3.8, 4) is 0 Å². The molecule has 0 bridgehead atoms. The molecule has 72 valence electrons. The van der Waals surface area contributed by atoms with E-state index in [1.165, 1.54) is 24.4 Å². The van der Waals surface area contributed by atoms with Gasteiger partial charge in [-0.3, -0.25) is 0 Å². The van der Waals surface area contributed by atoms with Crippen molar-refractivity contribution in [1.82, 2.24) is 9.36 Å². The van der Waals surface area contributed by atoms with Crippen LogP contribution in [0.4, 0.5) is 5.13 Å². The summed E-state index contributed by atoms with van der Waals surface area (Å²) >= 11 is 1.48. The van der Waals surface area contributed by atoms with Gasteiger partial charge in [-0.25, -0.2) is 4.98 Å². The van der Waals surface area contributed by atoms with E-state index in [9.17, 15) is 0 Å². The molecule has 3 nitrogen and oxygen atoms in total. The Balaban J connectivity index is 1.87. The van der Waals surface area contributed by atoms with Gasteiger partial charge in [0.1, 0.15) is 5.82 Å². The highest BCUT2D eigenvalue weighted by molar-refractivity contribution is 7.09. The zero-order valence-electron chi connectivity index (χ0n) is 8.08. The van der Waals surface area contributed by atoms with Crippen molar-refractivity contribution in [2.45, 2.75) is 39.2 Å². The number of nitrogens with one attached hydrogen (secondary N) is 1. The van der Waals surface area contributed by atoms with E-state index in [0.717, 1.165) is 23.3 Å². The summed E-state index contributed by atoms with van der Waals surface area (Å²) in [5.41, 5.74) is 0. The van der Waals surface area contributed by atoms with Crippen molar-refractivity contribution in [2.75, 3.05) is 5.32 Å². The normalized spacial score (nSPS) is 26.9. The summed E-state index contributed by atoms with van der Waals surface area (Å²) in [5.74, 6) is 1.84. The predicted octanol–water partition coefficient (Wildman–Crippen LogP) is 2.31. The minimum absolute atomic E-state index is 0.646. The maximum atomic E-state index is 4.37. The number of anilines is 1. The van der Waals surface area contributed by atoms with Gasteiger partial charge in [-0.1, -0.05) is 13.8 Å².